The second-order valence-electron chi connectivity index (χ2n) is 8.83. The van der Waals surface area contributed by atoms with E-state index in [0.717, 1.165) is 6.07 Å². The molecular formula is C26H22F8N6O5S2. The van der Waals surface area contributed by atoms with Crippen LogP contribution in [0.5, 0.6) is 0 Å². The molecule has 0 saturated heterocycles. The third-order valence-electron chi connectivity index (χ3n) is 5.57. The van der Waals surface area contributed by atoms with Crippen molar-refractivity contribution in [3.05, 3.63) is 69.9 Å². The highest BCUT2D eigenvalue weighted by molar-refractivity contribution is 7.99. The number of nitrogens with zero attached hydrogens (tertiary/aromatic N) is 4. The van der Waals surface area contributed by atoms with Gasteiger partial charge >= 0.3 is 24.4 Å². The summed E-state index contributed by atoms with van der Waals surface area (Å²) in [4.78, 5) is 22.3. The van der Waals surface area contributed by atoms with E-state index in [1.165, 1.54) is 20.8 Å². The Hall–Kier alpha value is -4.40. The monoisotopic (exact) mass is 714 g/mol. The maximum atomic E-state index is 14.4. The van der Waals surface area contributed by atoms with Crippen LogP contribution in [0.4, 0.5) is 47.2 Å². The first-order valence-electron chi connectivity index (χ1n) is 12.9. The Morgan fingerprint density at radius 2 is 1.21 bits per heavy atom. The third kappa shape index (κ3) is 9.11. The molecular weight excluding hydrogens is 692 g/mol. The molecule has 2 aromatic carbocycles. The summed E-state index contributed by atoms with van der Waals surface area (Å²) >= 11 is 0.671. The first-order chi connectivity index (χ1) is 21.9. The van der Waals surface area contributed by atoms with Gasteiger partial charge < -0.3 is 8.83 Å². The van der Waals surface area contributed by atoms with Crippen molar-refractivity contribution in [2.75, 3.05) is 22.1 Å². The van der Waals surface area contributed by atoms with Crippen LogP contribution < -0.4 is 10.6 Å². The predicted molar refractivity (Wildman–Crippen MR) is 150 cm³/mol. The summed E-state index contributed by atoms with van der Waals surface area (Å²) in [5.41, 5.74) is -3.75. The average molecular weight is 715 g/mol. The number of hydrogen-bond donors (Lipinski definition) is 2. The van der Waals surface area contributed by atoms with E-state index in [2.05, 4.69) is 31.0 Å². The largest absolute Gasteiger partial charge is 0.417 e. The number of amides is 2. The van der Waals surface area contributed by atoms with Crippen LogP contribution >= 0.6 is 11.8 Å². The van der Waals surface area contributed by atoms with Gasteiger partial charge in [-0.25, -0.2) is 8.78 Å². The normalized spacial score (nSPS) is 12.3. The average Bonchev–Trinajstić information content (AvgIpc) is 3.58. The van der Waals surface area contributed by atoms with Crippen LogP contribution in [0.3, 0.4) is 0 Å². The Bertz CT molecular complexity index is 1790. The number of halogens is 8. The molecule has 0 radical (unpaired) electrons. The molecule has 2 N–H and O–H groups in total. The van der Waals surface area contributed by atoms with E-state index in [0.29, 0.717) is 30.0 Å². The maximum Gasteiger partial charge on any atom is 0.417 e. The van der Waals surface area contributed by atoms with Gasteiger partial charge in [-0.05, 0) is 30.0 Å². The number of nitrogens with one attached hydrogen (secondary N) is 2. The minimum absolute atomic E-state index is 0.131. The minimum Gasteiger partial charge on any atom is -0.408 e. The number of aryl methyl sites for hydroxylation is 2. The van der Waals surface area contributed by atoms with Crippen LogP contribution in [0.15, 0.2) is 42.9 Å². The van der Waals surface area contributed by atoms with Crippen molar-refractivity contribution in [1.82, 2.24) is 20.4 Å². The first-order valence-corrected chi connectivity index (χ1v) is 15.2. The molecule has 0 bridgehead atoms. The molecule has 0 aliphatic heterocycles. The number of aromatic nitrogens is 4. The molecule has 254 valence electrons. The summed E-state index contributed by atoms with van der Waals surface area (Å²) in [6.07, 6.45) is -9.61. The number of anilines is 2. The van der Waals surface area contributed by atoms with Crippen LogP contribution in [-0.2, 0) is 23.2 Å². The van der Waals surface area contributed by atoms with Gasteiger partial charge in [0.2, 0.25) is 11.8 Å². The van der Waals surface area contributed by atoms with Gasteiger partial charge in [0.05, 0.1) is 42.8 Å². The second kappa shape index (κ2) is 15.0. The van der Waals surface area contributed by atoms with Gasteiger partial charge in [0.1, 0.15) is 5.82 Å². The lowest BCUT2D eigenvalue weighted by Gasteiger charge is -2.14. The topological polar surface area (TPSA) is 153 Å². The summed E-state index contributed by atoms with van der Waals surface area (Å²) in [7, 11) is -2.26. The lowest BCUT2D eigenvalue weighted by atomic mass is 10.1. The summed E-state index contributed by atoms with van der Waals surface area (Å²) in [5, 5.41) is 18.1. The van der Waals surface area contributed by atoms with Crippen molar-refractivity contribution in [1.29, 1.82) is 0 Å². The number of benzene rings is 2. The van der Waals surface area contributed by atoms with Crippen molar-refractivity contribution in [2.24, 2.45) is 0 Å². The third-order valence-corrected chi connectivity index (χ3v) is 7.92. The highest BCUT2D eigenvalue weighted by Crippen LogP contribution is 2.39. The highest BCUT2D eigenvalue weighted by Gasteiger charge is 2.38. The molecule has 2 heterocycles. The lowest BCUT2D eigenvalue weighted by molar-refractivity contribution is -0.140. The summed E-state index contributed by atoms with van der Waals surface area (Å²) < 4.78 is 128. The van der Waals surface area contributed by atoms with E-state index in [1.54, 1.807) is 6.92 Å². The van der Waals surface area contributed by atoms with E-state index in [4.69, 9.17) is 8.83 Å². The zero-order valence-corrected chi connectivity index (χ0v) is 26.0. The molecule has 47 heavy (non-hydrogen) atoms. The molecule has 4 aromatic rings. The summed E-state index contributed by atoms with van der Waals surface area (Å²) in [6, 6.07) is 2.02. The SMILES string of the molecule is CCS(=O)c1c(C(F)(F)F)ccc(C(=O)Nc2nnc(C)o2)c1F.CCSc1c(C(F)(F)F)ccc(C(=O)Nc2nnc(C)o2)c1F. The van der Waals surface area contributed by atoms with Crippen molar-refractivity contribution in [2.45, 2.75) is 49.8 Å². The standard InChI is InChI=1S/C13H11F4N3O3S.C13H11F4N3O2S/c1-3-24(22)10-8(13(15,16)17)5-4-7(9(10)14)11(21)18-12-20-19-6(2)23-12;1-3-23-10-8(13(15,16)17)5-4-7(9(10)14)11(21)18-12-20-19-6(2)22-12/h4-5H,3H2,1-2H3,(H,18,20,21);4-5H,3H2,1-2H3,(H,18,20,21). The fraction of sp³-hybridized carbons (Fsp3) is 0.308. The Kier molecular flexibility index (Phi) is 11.8. The Balaban J connectivity index is 0.000000256. The van der Waals surface area contributed by atoms with Crippen molar-refractivity contribution in [3.8, 4) is 0 Å². The van der Waals surface area contributed by atoms with Crippen LogP contribution in [-0.4, -0.2) is 47.9 Å². The Labute approximate surface area is 266 Å². The molecule has 11 nitrogen and oxygen atoms in total. The predicted octanol–water partition coefficient (Wildman–Crippen LogP) is 6.82. The molecule has 0 saturated carbocycles. The number of carbonyl (C=O) groups excluding carboxylic acids is 2. The summed E-state index contributed by atoms with van der Waals surface area (Å²) in [6.45, 7) is 5.85. The van der Waals surface area contributed by atoms with Gasteiger partial charge in [-0.1, -0.05) is 24.0 Å². The zero-order valence-electron chi connectivity index (χ0n) is 24.4. The van der Waals surface area contributed by atoms with E-state index in [1.807, 2.05) is 0 Å². The quantitative estimate of drug-likeness (QED) is 0.147. The van der Waals surface area contributed by atoms with Crippen LogP contribution in [0.1, 0.15) is 57.5 Å². The van der Waals surface area contributed by atoms with Gasteiger partial charge in [0.25, 0.3) is 11.8 Å². The van der Waals surface area contributed by atoms with Crippen molar-refractivity contribution in [3.63, 3.8) is 0 Å². The molecule has 0 aliphatic rings. The molecule has 0 fully saturated rings. The lowest BCUT2D eigenvalue weighted by Crippen LogP contribution is -2.19. The molecule has 0 spiro atoms. The van der Waals surface area contributed by atoms with E-state index in [-0.39, 0.29) is 35.3 Å². The van der Waals surface area contributed by atoms with Crippen molar-refractivity contribution < 1.29 is 57.8 Å². The molecule has 2 amide bonds. The Morgan fingerprint density at radius 3 is 1.60 bits per heavy atom. The van der Waals surface area contributed by atoms with Crippen LogP contribution in [0.2, 0.25) is 0 Å². The number of thioether (sulfide) groups is 1. The molecule has 2 aromatic heterocycles. The Morgan fingerprint density at radius 1 is 0.766 bits per heavy atom. The summed E-state index contributed by atoms with van der Waals surface area (Å²) in [5.74, 6) is -4.53. The molecule has 1 atom stereocenters. The number of alkyl halides is 6. The number of carbonyl (C=O) groups is 2. The minimum atomic E-state index is -4.90. The van der Waals surface area contributed by atoms with Gasteiger partial charge in [-0.15, -0.1) is 22.0 Å². The maximum absolute atomic E-state index is 14.4. The fourth-order valence-corrected chi connectivity index (χ4v) is 5.48. The van der Waals surface area contributed by atoms with Gasteiger partial charge in [-0.2, -0.15) is 26.3 Å². The van der Waals surface area contributed by atoms with Crippen LogP contribution in [0.25, 0.3) is 0 Å². The number of hydrogen-bond acceptors (Lipinski definition) is 10. The smallest absolute Gasteiger partial charge is 0.408 e. The van der Waals surface area contributed by atoms with E-state index in [9.17, 15) is 48.9 Å². The molecule has 4 rings (SSSR count). The van der Waals surface area contributed by atoms with Gasteiger partial charge in [-0.3, -0.25) is 24.4 Å². The highest BCUT2D eigenvalue weighted by atomic mass is 32.2. The molecule has 0 aliphatic carbocycles. The van der Waals surface area contributed by atoms with Gasteiger partial charge in [0, 0.05) is 19.6 Å². The van der Waals surface area contributed by atoms with E-state index < -0.39 is 78.6 Å². The van der Waals surface area contributed by atoms with E-state index >= 15 is 0 Å². The van der Waals surface area contributed by atoms with Crippen molar-refractivity contribution >= 4 is 46.4 Å². The van der Waals surface area contributed by atoms with Crippen LogP contribution in [0, 0.1) is 25.5 Å². The first kappa shape index (κ1) is 37.1. The molecule has 1 unspecified atom stereocenters. The second-order valence-corrected chi connectivity index (χ2v) is 11.8. The zero-order chi connectivity index (χ0) is 35.3. The fourth-order valence-electron chi connectivity index (χ4n) is 3.58. The molecule has 21 heteroatoms. The van der Waals surface area contributed by atoms with Gasteiger partial charge in [0.15, 0.2) is 5.82 Å². The number of rotatable bonds is 8.